The van der Waals surface area contributed by atoms with Crippen molar-refractivity contribution in [3.63, 3.8) is 0 Å². The number of ether oxygens (including phenoxy) is 2. The second-order valence-corrected chi connectivity index (χ2v) is 5.36. The topological polar surface area (TPSA) is 72.8 Å². The van der Waals surface area contributed by atoms with Crippen LogP contribution >= 0.6 is 0 Å². The fraction of sp³-hybridized carbons (Fsp3) is 0.412. The third kappa shape index (κ3) is 4.62. The lowest BCUT2D eigenvalue weighted by atomic mass is 10.1. The Balaban J connectivity index is 1.57. The van der Waals surface area contributed by atoms with Crippen LogP contribution in [0.1, 0.15) is 42.5 Å². The molecule has 0 radical (unpaired) electrons. The van der Waals surface area contributed by atoms with Gasteiger partial charge in [-0.3, -0.25) is 0 Å². The van der Waals surface area contributed by atoms with Crippen molar-refractivity contribution in [3.8, 4) is 5.75 Å². The van der Waals surface area contributed by atoms with Crippen LogP contribution in [0.25, 0.3) is 0 Å². The van der Waals surface area contributed by atoms with Crippen LogP contribution in [0.2, 0.25) is 0 Å². The molecule has 5 heteroatoms. The standard InChI is InChI=1S/C17H20O5/c1-12-11-15(22-17(12)20)5-3-2-4-10-21-14-8-6-13(7-9-14)16(18)19/h6-9,15H,1-5,10-11H2,(H,18,19). The number of carbonyl (C=O) groups is 2. The Morgan fingerprint density at radius 3 is 2.59 bits per heavy atom. The molecule has 0 bridgehead atoms. The predicted molar refractivity (Wildman–Crippen MR) is 81.0 cm³/mol. The van der Waals surface area contributed by atoms with Gasteiger partial charge in [0.25, 0.3) is 0 Å². The van der Waals surface area contributed by atoms with E-state index in [2.05, 4.69) is 6.58 Å². The molecule has 1 N–H and O–H groups in total. The highest BCUT2D eigenvalue weighted by molar-refractivity contribution is 5.89. The molecule has 0 saturated carbocycles. The van der Waals surface area contributed by atoms with Gasteiger partial charge in [-0.05, 0) is 49.9 Å². The second kappa shape index (κ2) is 7.64. The van der Waals surface area contributed by atoms with Crippen LogP contribution in [0.5, 0.6) is 5.75 Å². The molecule has 1 aliphatic rings. The average molecular weight is 304 g/mol. The molecule has 118 valence electrons. The summed E-state index contributed by atoms with van der Waals surface area (Å²) in [5.41, 5.74) is 0.818. The maximum absolute atomic E-state index is 11.2. The van der Waals surface area contributed by atoms with Crippen LogP contribution in [0, 0.1) is 0 Å². The van der Waals surface area contributed by atoms with Gasteiger partial charge >= 0.3 is 11.9 Å². The van der Waals surface area contributed by atoms with E-state index in [0.717, 1.165) is 25.7 Å². The van der Waals surface area contributed by atoms with Crippen molar-refractivity contribution >= 4 is 11.9 Å². The monoisotopic (exact) mass is 304 g/mol. The van der Waals surface area contributed by atoms with Gasteiger partial charge in [0.2, 0.25) is 0 Å². The van der Waals surface area contributed by atoms with Crippen LogP contribution in [-0.4, -0.2) is 29.8 Å². The zero-order chi connectivity index (χ0) is 15.9. The molecule has 0 spiro atoms. The van der Waals surface area contributed by atoms with Crippen LogP contribution < -0.4 is 4.74 Å². The van der Waals surface area contributed by atoms with Gasteiger partial charge in [0.05, 0.1) is 12.2 Å². The summed E-state index contributed by atoms with van der Waals surface area (Å²) in [6, 6.07) is 6.37. The summed E-state index contributed by atoms with van der Waals surface area (Å²) in [5.74, 6) is -0.536. The molecule has 1 aromatic rings. The third-order valence-electron chi connectivity index (χ3n) is 3.58. The molecule has 1 fully saturated rings. The minimum atomic E-state index is -0.943. The van der Waals surface area contributed by atoms with Gasteiger partial charge in [0, 0.05) is 12.0 Å². The number of hydrogen-bond donors (Lipinski definition) is 1. The van der Waals surface area contributed by atoms with Crippen LogP contribution in [0.15, 0.2) is 36.4 Å². The second-order valence-electron chi connectivity index (χ2n) is 5.36. The SMILES string of the molecule is C=C1CC(CCCCCOc2ccc(C(=O)O)cc2)OC1=O. The third-order valence-corrected chi connectivity index (χ3v) is 3.58. The van der Waals surface area contributed by atoms with Crippen LogP contribution in [0.4, 0.5) is 0 Å². The van der Waals surface area contributed by atoms with Gasteiger partial charge in [-0.25, -0.2) is 9.59 Å². The number of carboxylic acids is 1. The summed E-state index contributed by atoms with van der Waals surface area (Å²) in [6.07, 6.45) is 4.37. The van der Waals surface area contributed by atoms with Gasteiger partial charge < -0.3 is 14.6 Å². The lowest BCUT2D eigenvalue weighted by Gasteiger charge is -2.09. The molecular formula is C17H20O5. The van der Waals surface area contributed by atoms with E-state index in [9.17, 15) is 9.59 Å². The molecule has 0 aromatic heterocycles. The highest BCUT2D eigenvalue weighted by Crippen LogP contribution is 2.23. The molecule has 1 unspecified atom stereocenters. The fourth-order valence-corrected chi connectivity index (χ4v) is 2.33. The Kier molecular flexibility index (Phi) is 5.58. The first-order valence-electron chi connectivity index (χ1n) is 7.41. The molecular weight excluding hydrogens is 284 g/mol. The minimum absolute atomic E-state index is 0.00974. The molecule has 0 aliphatic carbocycles. The van der Waals surface area contributed by atoms with Crippen molar-refractivity contribution in [2.45, 2.75) is 38.2 Å². The van der Waals surface area contributed by atoms with Gasteiger partial charge in [0.15, 0.2) is 0 Å². The summed E-state index contributed by atoms with van der Waals surface area (Å²) in [6.45, 7) is 4.25. The molecule has 2 rings (SSSR count). The lowest BCUT2D eigenvalue weighted by molar-refractivity contribution is -0.139. The van der Waals surface area contributed by atoms with E-state index in [1.165, 1.54) is 12.1 Å². The number of hydrogen-bond acceptors (Lipinski definition) is 4. The summed E-state index contributed by atoms with van der Waals surface area (Å²) in [7, 11) is 0. The van der Waals surface area contributed by atoms with E-state index in [1.807, 2.05) is 0 Å². The minimum Gasteiger partial charge on any atom is -0.494 e. The van der Waals surface area contributed by atoms with Gasteiger partial charge in [0.1, 0.15) is 11.9 Å². The smallest absolute Gasteiger partial charge is 0.335 e. The maximum atomic E-state index is 11.2. The zero-order valence-corrected chi connectivity index (χ0v) is 12.4. The van der Waals surface area contributed by atoms with Crippen LogP contribution in [-0.2, 0) is 9.53 Å². The van der Waals surface area contributed by atoms with Gasteiger partial charge in [-0.1, -0.05) is 6.58 Å². The predicted octanol–water partition coefficient (Wildman–Crippen LogP) is 3.20. The van der Waals surface area contributed by atoms with E-state index in [-0.39, 0.29) is 17.6 Å². The number of carbonyl (C=O) groups excluding carboxylic acids is 1. The Morgan fingerprint density at radius 1 is 1.27 bits per heavy atom. The Labute approximate surface area is 129 Å². The van der Waals surface area contributed by atoms with Crippen LogP contribution in [0.3, 0.4) is 0 Å². The summed E-state index contributed by atoms with van der Waals surface area (Å²) < 4.78 is 10.7. The Hall–Kier alpha value is -2.30. The number of esters is 1. The first kappa shape index (κ1) is 16.1. The highest BCUT2D eigenvalue weighted by atomic mass is 16.5. The average Bonchev–Trinajstić information content (AvgIpc) is 2.82. The summed E-state index contributed by atoms with van der Waals surface area (Å²) in [5, 5.41) is 8.79. The first-order valence-corrected chi connectivity index (χ1v) is 7.41. The Morgan fingerprint density at radius 2 is 2.00 bits per heavy atom. The molecule has 22 heavy (non-hydrogen) atoms. The van der Waals surface area contributed by atoms with E-state index in [4.69, 9.17) is 14.6 Å². The van der Waals surface area contributed by atoms with E-state index >= 15 is 0 Å². The zero-order valence-electron chi connectivity index (χ0n) is 12.4. The van der Waals surface area contributed by atoms with E-state index in [0.29, 0.717) is 24.4 Å². The Bertz CT molecular complexity index is 531. The molecule has 1 saturated heterocycles. The summed E-state index contributed by atoms with van der Waals surface area (Å²) >= 11 is 0. The first-order chi connectivity index (χ1) is 10.6. The number of carboxylic acid groups (broad SMARTS) is 1. The van der Waals surface area contributed by atoms with E-state index < -0.39 is 5.97 Å². The largest absolute Gasteiger partial charge is 0.494 e. The van der Waals surface area contributed by atoms with Gasteiger partial charge in [-0.15, -0.1) is 0 Å². The molecule has 0 amide bonds. The molecule has 1 heterocycles. The van der Waals surface area contributed by atoms with Crippen molar-refractivity contribution in [3.05, 3.63) is 42.0 Å². The number of rotatable bonds is 8. The fourth-order valence-electron chi connectivity index (χ4n) is 2.33. The van der Waals surface area contributed by atoms with Crippen molar-refractivity contribution in [2.75, 3.05) is 6.61 Å². The number of unbranched alkanes of at least 4 members (excludes halogenated alkanes) is 2. The van der Waals surface area contributed by atoms with Crippen molar-refractivity contribution in [1.82, 2.24) is 0 Å². The van der Waals surface area contributed by atoms with Crippen molar-refractivity contribution < 1.29 is 24.2 Å². The maximum Gasteiger partial charge on any atom is 0.335 e. The summed E-state index contributed by atoms with van der Waals surface area (Å²) in [4.78, 5) is 21.9. The molecule has 1 atom stereocenters. The number of aromatic carboxylic acids is 1. The van der Waals surface area contributed by atoms with E-state index in [1.54, 1.807) is 12.1 Å². The normalized spacial score (nSPS) is 17.4. The highest BCUT2D eigenvalue weighted by Gasteiger charge is 2.26. The van der Waals surface area contributed by atoms with Gasteiger partial charge in [-0.2, -0.15) is 0 Å². The lowest BCUT2D eigenvalue weighted by Crippen LogP contribution is -2.06. The molecule has 5 nitrogen and oxygen atoms in total. The number of cyclic esters (lactones) is 1. The molecule has 1 aliphatic heterocycles. The van der Waals surface area contributed by atoms with Crippen molar-refractivity contribution in [1.29, 1.82) is 0 Å². The quantitative estimate of drug-likeness (QED) is 0.453. The van der Waals surface area contributed by atoms with Crippen molar-refractivity contribution in [2.24, 2.45) is 0 Å². The number of benzene rings is 1. The molecule has 1 aromatic carbocycles.